The van der Waals surface area contributed by atoms with Crippen LogP contribution in [0.4, 0.5) is 4.79 Å². The van der Waals surface area contributed by atoms with E-state index in [-0.39, 0.29) is 18.2 Å². The Morgan fingerprint density at radius 3 is 2.85 bits per heavy atom. The Kier molecular flexibility index (Phi) is 4.02. The smallest absolute Gasteiger partial charge is 0.407 e. The van der Waals surface area contributed by atoms with Crippen molar-refractivity contribution in [3.63, 3.8) is 0 Å². The summed E-state index contributed by atoms with van der Waals surface area (Å²) in [5.74, 6) is 0. The van der Waals surface area contributed by atoms with Crippen LogP contribution in [0.3, 0.4) is 0 Å². The molecule has 0 aromatic rings. The molecule has 2 unspecified atom stereocenters. The molecular formula is C9H18N2O2. The lowest BCUT2D eigenvalue weighted by Gasteiger charge is -2.27. The van der Waals surface area contributed by atoms with Crippen molar-refractivity contribution in [2.75, 3.05) is 6.54 Å². The number of ether oxygens (including phenoxy) is 1. The summed E-state index contributed by atoms with van der Waals surface area (Å²) in [6.45, 7) is 2.46. The van der Waals surface area contributed by atoms with Crippen molar-refractivity contribution in [2.24, 2.45) is 5.73 Å². The third-order valence-corrected chi connectivity index (χ3v) is 2.33. The lowest BCUT2D eigenvalue weighted by molar-refractivity contribution is 0.0630. The average Bonchev–Trinajstić information content (AvgIpc) is 2.09. The van der Waals surface area contributed by atoms with Crippen molar-refractivity contribution in [1.29, 1.82) is 0 Å². The van der Waals surface area contributed by atoms with Gasteiger partial charge in [0.05, 0.1) is 0 Å². The lowest BCUT2D eigenvalue weighted by atomic mass is 9.93. The number of carbonyl (C=O) groups is 1. The highest BCUT2D eigenvalue weighted by Gasteiger charge is 2.24. The third kappa shape index (κ3) is 3.22. The first-order valence-corrected chi connectivity index (χ1v) is 4.94. The Bertz CT molecular complexity index is 173. The largest absolute Gasteiger partial charge is 0.445 e. The highest BCUT2D eigenvalue weighted by atomic mass is 16.6. The molecule has 1 aliphatic rings. The van der Waals surface area contributed by atoms with Crippen LogP contribution in [0.1, 0.15) is 32.6 Å². The van der Waals surface area contributed by atoms with E-state index >= 15 is 0 Å². The second kappa shape index (κ2) is 5.07. The lowest BCUT2D eigenvalue weighted by Crippen LogP contribution is -2.42. The molecule has 2 atom stereocenters. The highest BCUT2D eigenvalue weighted by Crippen LogP contribution is 2.19. The Balaban J connectivity index is 2.29. The predicted molar refractivity (Wildman–Crippen MR) is 50.4 cm³/mol. The van der Waals surface area contributed by atoms with E-state index in [0.29, 0.717) is 6.54 Å². The molecule has 0 spiro atoms. The van der Waals surface area contributed by atoms with E-state index in [1.165, 1.54) is 0 Å². The maximum atomic E-state index is 11.1. The van der Waals surface area contributed by atoms with Gasteiger partial charge in [-0.3, -0.25) is 0 Å². The molecule has 0 aliphatic heterocycles. The van der Waals surface area contributed by atoms with E-state index in [1.54, 1.807) is 0 Å². The molecule has 1 saturated carbocycles. The van der Waals surface area contributed by atoms with Crippen LogP contribution in [0, 0.1) is 0 Å². The first-order chi connectivity index (χ1) is 6.24. The molecule has 1 rings (SSSR count). The van der Waals surface area contributed by atoms with Gasteiger partial charge in [0.2, 0.25) is 0 Å². The topological polar surface area (TPSA) is 64.3 Å². The van der Waals surface area contributed by atoms with E-state index in [4.69, 9.17) is 10.5 Å². The van der Waals surface area contributed by atoms with Gasteiger partial charge in [-0.2, -0.15) is 0 Å². The summed E-state index contributed by atoms with van der Waals surface area (Å²) in [6.07, 6.45) is 3.70. The molecule has 1 fully saturated rings. The van der Waals surface area contributed by atoms with Gasteiger partial charge in [-0.05, 0) is 26.2 Å². The summed E-state index contributed by atoms with van der Waals surface area (Å²) >= 11 is 0. The van der Waals surface area contributed by atoms with Crippen molar-refractivity contribution in [2.45, 2.75) is 44.8 Å². The number of rotatable bonds is 2. The fraction of sp³-hybridized carbons (Fsp3) is 0.889. The van der Waals surface area contributed by atoms with Gasteiger partial charge in [-0.1, -0.05) is 6.42 Å². The van der Waals surface area contributed by atoms with Gasteiger partial charge >= 0.3 is 6.09 Å². The normalized spacial score (nSPS) is 28.2. The summed E-state index contributed by atoms with van der Waals surface area (Å²) in [7, 11) is 0. The summed E-state index contributed by atoms with van der Waals surface area (Å²) in [5, 5.41) is 2.60. The van der Waals surface area contributed by atoms with E-state index in [1.807, 2.05) is 6.92 Å². The fourth-order valence-electron chi connectivity index (χ4n) is 1.60. The minimum atomic E-state index is -0.343. The average molecular weight is 186 g/mol. The van der Waals surface area contributed by atoms with Crippen molar-refractivity contribution in [3.8, 4) is 0 Å². The second-order valence-electron chi connectivity index (χ2n) is 3.42. The van der Waals surface area contributed by atoms with Crippen molar-refractivity contribution in [1.82, 2.24) is 5.32 Å². The SMILES string of the molecule is CCNC(=O)OC1CCCCC1N. The molecule has 4 heteroatoms. The van der Waals surface area contributed by atoms with Gasteiger partial charge in [0, 0.05) is 12.6 Å². The maximum absolute atomic E-state index is 11.1. The standard InChI is InChI=1S/C9H18N2O2/c1-2-11-9(12)13-8-6-4-3-5-7(8)10/h7-8H,2-6,10H2,1H3,(H,11,12). The molecule has 3 N–H and O–H groups in total. The number of hydrogen-bond donors (Lipinski definition) is 2. The number of nitrogens with one attached hydrogen (secondary N) is 1. The molecule has 0 radical (unpaired) electrons. The number of amides is 1. The zero-order valence-electron chi connectivity index (χ0n) is 8.08. The fourth-order valence-corrected chi connectivity index (χ4v) is 1.60. The molecule has 13 heavy (non-hydrogen) atoms. The van der Waals surface area contributed by atoms with Gasteiger partial charge in [-0.15, -0.1) is 0 Å². The van der Waals surface area contributed by atoms with Crippen molar-refractivity contribution in [3.05, 3.63) is 0 Å². The third-order valence-electron chi connectivity index (χ3n) is 2.33. The maximum Gasteiger partial charge on any atom is 0.407 e. The number of hydrogen-bond acceptors (Lipinski definition) is 3. The van der Waals surface area contributed by atoms with Crippen molar-refractivity contribution >= 4 is 6.09 Å². The van der Waals surface area contributed by atoms with Crippen LogP contribution < -0.4 is 11.1 Å². The van der Waals surface area contributed by atoms with Crippen LogP contribution in [0.25, 0.3) is 0 Å². The monoisotopic (exact) mass is 186 g/mol. The van der Waals surface area contributed by atoms with Crippen LogP contribution in [-0.2, 0) is 4.74 Å². The summed E-state index contributed by atoms with van der Waals surface area (Å²) in [6, 6.07) is 0.0244. The van der Waals surface area contributed by atoms with E-state index < -0.39 is 0 Å². The van der Waals surface area contributed by atoms with Gasteiger partial charge in [0.15, 0.2) is 0 Å². The van der Waals surface area contributed by atoms with Crippen LogP contribution >= 0.6 is 0 Å². The summed E-state index contributed by atoms with van der Waals surface area (Å²) < 4.78 is 5.17. The first-order valence-electron chi connectivity index (χ1n) is 4.94. The van der Waals surface area contributed by atoms with Gasteiger partial charge in [0.25, 0.3) is 0 Å². The van der Waals surface area contributed by atoms with Crippen LogP contribution in [-0.4, -0.2) is 24.8 Å². The molecule has 4 nitrogen and oxygen atoms in total. The van der Waals surface area contributed by atoms with Crippen LogP contribution in [0.2, 0.25) is 0 Å². The molecule has 0 aromatic carbocycles. The second-order valence-corrected chi connectivity index (χ2v) is 3.42. The molecule has 0 aromatic heterocycles. The molecule has 1 aliphatic carbocycles. The van der Waals surface area contributed by atoms with E-state index in [2.05, 4.69) is 5.32 Å². The predicted octanol–water partition coefficient (Wildman–Crippen LogP) is 1.00. The first kappa shape index (κ1) is 10.3. The molecule has 0 saturated heterocycles. The van der Waals surface area contributed by atoms with Gasteiger partial charge in [0.1, 0.15) is 6.10 Å². The quantitative estimate of drug-likeness (QED) is 0.676. The highest BCUT2D eigenvalue weighted by molar-refractivity contribution is 5.67. The number of carbonyl (C=O) groups excluding carboxylic acids is 1. The molecule has 1 amide bonds. The van der Waals surface area contributed by atoms with Crippen LogP contribution in [0.15, 0.2) is 0 Å². The summed E-state index contributed by atoms with van der Waals surface area (Å²) in [4.78, 5) is 11.1. The zero-order valence-corrected chi connectivity index (χ0v) is 8.08. The Morgan fingerprint density at radius 2 is 2.23 bits per heavy atom. The molecule has 0 heterocycles. The Hall–Kier alpha value is -0.770. The van der Waals surface area contributed by atoms with Crippen LogP contribution in [0.5, 0.6) is 0 Å². The Labute approximate surface area is 78.8 Å². The number of nitrogens with two attached hydrogens (primary N) is 1. The molecule has 76 valence electrons. The Morgan fingerprint density at radius 1 is 1.54 bits per heavy atom. The van der Waals surface area contributed by atoms with Crippen molar-refractivity contribution < 1.29 is 9.53 Å². The zero-order chi connectivity index (χ0) is 9.68. The van der Waals surface area contributed by atoms with E-state index in [9.17, 15) is 4.79 Å². The molecular weight excluding hydrogens is 168 g/mol. The molecule has 0 bridgehead atoms. The van der Waals surface area contributed by atoms with Gasteiger partial charge < -0.3 is 15.8 Å². The van der Waals surface area contributed by atoms with E-state index in [0.717, 1.165) is 25.7 Å². The minimum absolute atomic E-state index is 0.0244. The van der Waals surface area contributed by atoms with Gasteiger partial charge in [-0.25, -0.2) is 4.79 Å². The summed E-state index contributed by atoms with van der Waals surface area (Å²) in [5.41, 5.74) is 5.82. The minimum Gasteiger partial charge on any atom is -0.445 e. The number of alkyl carbamates (subject to hydrolysis) is 1.